The summed E-state index contributed by atoms with van der Waals surface area (Å²) in [5.41, 5.74) is 0.244. The highest BCUT2D eigenvalue weighted by atomic mass is 16.8. The Bertz CT molecular complexity index is 591. The number of aliphatic hydroxyl groups is 1. The number of hydrogen-bond donors (Lipinski definition) is 1. The zero-order chi connectivity index (χ0) is 22.9. The van der Waals surface area contributed by atoms with Crippen LogP contribution in [0, 0.1) is 17.3 Å². The van der Waals surface area contributed by atoms with E-state index in [0.29, 0.717) is 19.8 Å². The molecule has 0 amide bonds. The van der Waals surface area contributed by atoms with Gasteiger partial charge in [-0.3, -0.25) is 0 Å². The number of hydrogen-bond acceptors (Lipinski definition) is 5. The molecule has 3 fully saturated rings. The fourth-order valence-corrected chi connectivity index (χ4v) is 6.14. The average Bonchev–Trinajstić information content (AvgIpc) is 3.42. The monoisotopic (exact) mass is 450 g/mol. The van der Waals surface area contributed by atoms with Gasteiger partial charge in [0.1, 0.15) is 0 Å². The Kier molecular flexibility index (Phi) is 10.1. The molecule has 0 aromatic carbocycles. The van der Waals surface area contributed by atoms with Crippen molar-refractivity contribution in [2.24, 2.45) is 17.3 Å². The van der Waals surface area contributed by atoms with Crippen LogP contribution >= 0.6 is 0 Å². The Hall–Kier alpha value is -0.910. The number of carbonyl (C=O) groups is 1. The zero-order valence-corrected chi connectivity index (χ0v) is 20.5. The fraction of sp³-hybridized carbons (Fsp3) is 0.889. The van der Waals surface area contributed by atoms with Crippen molar-refractivity contribution in [3.63, 3.8) is 0 Å². The molecule has 2 saturated carbocycles. The maximum atomic E-state index is 12.2. The van der Waals surface area contributed by atoms with Gasteiger partial charge >= 0.3 is 5.97 Å². The van der Waals surface area contributed by atoms with Crippen molar-refractivity contribution in [1.29, 1.82) is 0 Å². The van der Waals surface area contributed by atoms with Crippen LogP contribution in [0.2, 0.25) is 0 Å². The van der Waals surface area contributed by atoms with Crippen LogP contribution in [0.3, 0.4) is 0 Å². The van der Waals surface area contributed by atoms with Crippen molar-refractivity contribution in [2.75, 3.05) is 19.8 Å². The molecule has 0 bridgehead atoms. The smallest absolute Gasteiger partial charge is 0.371 e. The molecule has 5 heteroatoms. The molecule has 184 valence electrons. The quantitative estimate of drug-likeness (QED) is 0.202. The second-order valence-electron chi connectivity index (χ2n) is 10.3. The second-order valence-corrected chi connectivity index (χ2v) is 10.3. The molecule has 1 heterocycles. The van der Waals surface area contributed by atoms with Crippen LogP contribution in [-0.4, -0.2) is 42.8 Å². The third kappa shape index (κ3) is 6.36. The SMILES string of the molecule is CCCCC1(C(O)CC[C@H]2CCC[C@@H]2CCCC=CC2(C(=O)OCC)OCCO2)CCC1. The number of unbranched alkanes of at least 4 members (excludes halogenated alkanes) is 2. The van der Waals surface area contributed by atoms with Crippen LogP contribution in [0.1, 0.15) is 104 Å². The molecule has 1 aliphatic heterocycles. The third-order valence-electron chi connectivity index (χ3n) is 8.27. The summed E-state index contributed by atoms with van der Waals surface area (Å²) in [7, 11) is 0. The summed E-state index contributed by atoms with van der Waals surface area (Å²) >= 11 is 0. The molecule has 2 aliphatic carbocycles. The molecule has 1 saturated heterocycles. The number of allylic oxidation sites excluding steroid dienone is 1. The average molecular weight is 451 g/mol. The first-order valence-electron chi connectivity index (χ1n) is 13.4. The molecule has 0 spiro atoms. The molecule has 0 aromatic heterocycles. The van der Waals surface area contributed by atoms with E-state index in [2.05, 4.69) is 6.92 Å². The molecule has 1 unspecified atom stereocenters. The second kappa shape index (κ2) is 12.5. The molecule has 3 atom stereocenters. The summed E-state index contributed by atoms with van der Waals surface area (Å²) in [5, 5.41) is 11.0. The first-order chi connectivity index (χ1) is 15.6. The van der Waals surface area contributed by atoms with Gasteiger partial charge in [0, 0.05) is 0 Å². The van der Waals surface area contributed by atoms with Gasteiger partial charge in [0.05, 0.1) is 25.9 Å². The Labute approximate surface area is 195 Å². The Morgan fingerprint density at radius 2 is 1.81 bits per heavy atom. The number of aliphatic hydroxyl groups excluding tert-OH is 1. The van der Waals surface area contributed by atoms with Crippen LogP contribution in [0.5, 0.6) is 0 Å². The number of esters is 1. The van der Waals surface area contributed by atoms with Gasteiger partial charge in [-0.1, -0.05) is 51.5 Å². The molecular weight excluding hydrogens is 404 g/mol. The van der Waals surface area contributed by atoms with Crippen molar-refractivity contribution in [2.45, 2.75) is 116 Å². The van der Waals surface area contributed by atoms with Gasteiger partial charge in [-0.15, -0.1) is 0 Å². The number of rotatable bonds is 14. The van der Waals surface area contributed by atoms with Crippen LogP contribution in [0.15, 0.2) is 12.2 Å². The largest absolute Gasteiger partial charge is 0.462 e. The molecule has 0 radical (unpaired) electrons. The van der Waals surface area contributed by atoms with Gasteiger partial charge in [-0.05, 0) is 81.6 Å². The lowest BCUT2D eigenvalue weighted by atomic mass is 9.61. The summed E-state index contributed by atoms with van der Waals surface area (Å²) in [6, 6.07) is 0. The first-order valence-corrected chi connectivity index (χ1v) is 13.4. The van der Waals surface area contributed by atoms with Crippen LogP contribution in [0.4, 0.5) is 0 Å². The first kappa shape index (κ1) is 25.7. The molecular formula is C27H46O5. The topological polar surface area (TPSA) is 65.0 Å². The molecule has 1 N–H and O–H groups in total. The summed E-state index contributed by atoms with van der Waals surface area (Å²) < 4.78 is 16.3. The zero-order valence-electron chi connectivity index (χ0n) is 20.5. The van der Waals surface area contributed by atoms with Crippen molar-refractivity contribution >= 4 is 5.97 Å². The molecule has 32 heavy (non-hydrogen) atoms. The minimum Gasteiger partial charge on any atom is -0.462 e. The lowest BCUT2D eigenvalue weighted by Crippen LogP contribution is -2.41. The van der Waals surface area contributed by atoms with E-state index < -0.39 is 11.8 Å². The summed E-state index contributed by atoms with van der Waals surface area (Å²) in [4.78, 5) is 12.2. The standard InChI is InChI=1S/C27H46O5/c1-3-5-16-26(17-10-18-26)24(28)15-14-23-13-9-12-22(23)11-7-6-8-19-27(25(29)30-4-2)31-20-21-32-27/h8,19,22-24,28H,3-7,9-18,20-21H2,1-2H3/t22-,23+,24?/m0/s1. The highest BCUT2D eigenvalue weighted by Gasteiger charge is 2.44. The van der Waals surface area contributed by atoms with E-state index in [4.69, 9.17) is 14.2 Å². The van der Waals surface area contributed by atoms with Crippen LogP contribution in [0.25, 0.3) is 0 Å². The van der Waals surface area contributed by atoms with E-state index in [1.54, 1.807) is 13.0 Å². The predicted molar refractivity (Wildman–Crippen MR) is 126 cm³/mol. The van der Waals surface area contributed by atoms with E-state index in [1.807, 2.05) is 6.08 Å². The minimum absolute atomic E-state index is 0.0996. The van der Waals surface area contributed by atoms with E-state index in [0.717, 1.165) is 31.1 Å². The maximum Gasteiger partial charge on any atom is 0.371 e. The minimum atomic E-state index is -1.34. The van der Waals surface area contributed by atoms with Crippen molar-refractivity contribution in [3.8, 4) is 0 Å². The number of carbonyl (C=O) groups excluding carboxylic acids is 1. The van der Waals surface area contributed by atoms with Gasteiger partial charge in [0.25, 0.3) is 5.79 Å². The lowest BCUT2D eigenvalue weighted by molar-refractivity contribution is -0.191. The van der Waals surface area contributed by atoms with Crippen LogP contribution in [-0.2, 0) is 19.0 Å². The third-order valence-corrected chi connectivity index (χ3v) is 8.27. The Balaban J connectivity index is 1.39. The fourth-order valence-electron chi connectivity index (χ4n) is 6.14. The highest BCUT2D eigenvalue weighted by molar-refractivity contribution is 5.80. The Morgan fingerprint density at radius 3 is 2.44 bits per heavy atom. The summed E-state index contributed by atoms with van der Waals surface area (Å²) in [6.07, 6.45) is 20.5. The normalized spacial score (nSPS) is 27.5. The Morgan fingerprint density at radius 1 is 1.09 bits per heavy atom. The lowest BCUT2D eigenvalue weighted by Gasteiger charge is -2.46. The van der Waals surface area contributed by atoms with E-state index >= 15 is 0 Å². The molecule has 3 aliphatic rings. The van der Waals surface area contributed by atoms with E-state index in [1.165, 1.54) is 70.6 Å². The van der Waals surface area contributed by atoms with Gasteiger partial charge in [0.2, 0.25) is 0 Å². The van der Waals surface area contributed by atoms with Crippen LogP contribution < -0.4 is 0 Å². The van der Waals surface area contributed by atoms with Crippen molar-refractivity contribution in [3.05, 3.63) is 12.2 Å². The molecule has 5 nitrogen and oxygen atoms in total. The van der Waals surface area contributed by atoms with E-state index in [-0.39, 0.29) is 11.5 Å². The predicted octanol–water partition coefficient (Wildman–Crippen LogP) is 5.94. The van der Waals surface area contributed by atoms with E-state index in [9.17, 15) is 9.90 Å². The van der Waals surface area contributed by atoms with Gasteiger partial charge in [-0.25, -0.2) is 4.79 Å². The maximum absolute atomic E-state index is 12.2. The highest BCUT2D eigenvalue weighted by Crippen LogP contribution is 2.50. The summed E-state index contributed by atoms with van der Waals surface area (Å²) in [5.74, 6) is -0.241. The molecule has 3 rings (SSSR count). The molecule has 0 aromatic rings. The summed E-state index contributed by atoms with van der Waals surface area (Å²) in [6.45, 7) is 5.19. The number of ether oxygens (including phenoxy) is 3. The van der Waals surface area contributed by atoms with Gasteiger partial charge < -0.3 is 19.3 Å². The van der Waals surface area contributed by atoms with Gasteiger partial charge in [-0.2, -0.15) is 0 Å². The van der Waals surface area contributed by atoms with Crippen molar-refractivity contribution < 1.29 is 24.1 Å². The van der Waals surface area contributed by atoms with Gasteiger partial charge in [0.15, 0.2) is 0 Å². The van der Waals surface area contributed by atoms with Crippen molar-refractivity contribution in [1.82, 2.24) is 0 Å².